The Morgan fingerprint density at radius 1 is 1.21 bits per heavy atom. The van der Waals surface area contributed by atoms with E-state index in [9.17, 15) is 0 Å². The lowest BCUT2D eigenvalue weighted by Crippen LogP contribution is -1.88. The van der Waals surface area contributed by atoms with Crippen LogP contribution in [0.1, 0.15) is 23.7 Å². The molecule has 72 valence electrons. The zero-order chi connectivity index (χ0) is 9.38. The summed E-state index contributed by atoms with van der Waals surface area (Å²) in [5, 5.41) is 4.44. The summed E-state index contributed by atoms with van der Waals surface area (Å²) >= 11 is 3.97. The molecule has 1 aromatic heterocycles. The second-order valence-electron chi connectivity index (χ2n) is 3.68. The molecule has 1 unspecified atom stereocenters. The Balaban J connectivity index is 2.14. The van der Waals surface area contributed by atoms with Crippen LogP contribution in [-0.4, -0.2) is 5.75 Å². The summed E-state index contributed by atoms with van der Waals surface area (Å²) in [5.74, 6) is 1.34. The van der Waals surface area contributed by atoms with Crippen LogP contribution in [0.25, 0.3) is 10.1 Å². The molecule has 2 heteroatoms. The van der Waals surface area contributed by atoms with Gasteiger partial charge in [0.1, 0.15) is 0 Å². The molecule has 3 rings (SSSR count). The molecule has 0 amide bonds. The fraction of sp³-hybridized carbons (Fsp3) is 0.333. The number of rotatable bonds is 1. The lowest BCUT2D eigenvalue weighted by atomic mass is 10.0. The van der Waals surface area contributed by atoms with E-state index < -0.39 is 0 Å². The Labute approximate surface area is 92.3 Å². The standard InChI is InChI=1S/C12H12S2/c1-3-9(12-5-2-7-13-12)10-6-8-14-11(10)4-1/h1,3-4,6,8,12H,2,5,7H2. The maximum Gasteiger partial charge on any atom is 0.0345 e. The highest BCUT2D eigenvalue weighted by molar-refractivity contribution is 7.99. The van der Waals surface area contributed by atoms with Crippen LogP contribution in [0.4, 0.5) is 0 Å². The monoisotopic (exact) mass is 220 g/mol. The van der Waals surface area contributed by atoms with E-state index in [0.29, 0.717) is 0 Å². The van der Waals surface area contributed by atoms with Crippen molar-refractivity contribution in [2.45, 2.75) is 18.1 Å². The largest absolute Gasteiger partial charge is 0.154 e. The van der Waals surface area contributed by atoms with Crippen molar-refractivity contribution in [2.24, 2.45) is 0 Å². The molecular formula is C12H12S2. The zero-order valence-corrected chi connectivity index (χ0v) is 9.53. The Hall–Kier alpha value is -0.470. The number of hydrogen-bond donors (Lipinski definition) is 0. The highest BCUT2D eigenvalue weighted by atomic mass is 32.2. The second kappa shape index (κ2) is 3.59. The molecule has 0 bridgehead atoms. The van der Waals surface area contributed by atoms with Crippen LogP contribution in [0.2, 0.25) is 0 Å². The highest BCUT2D eigenvalue weighted by Crippen LogP contribution is 2.43. The van der Waals surface area contributed by atoms with Gasteiger partial charge in [0.2, 0.25) is 0 Å². The highest BCUT2D eigenvalue weighted by Gasteiger charge is 2.19. The second-order valence-corrected chi connectivity index (χ2v) is 5.94. The molecule has 2 aromatic rings. The quantitative estimate of drug-likeness (QED) is 0.683. The van der Waals surface area contributed by atoms with Gasteiger partial charge in [0, 0.05) is 9.95 Å². The summed E-state index contributed by atoms with van der Waals surface area (Å²) in [6.07, 6.45) is 2.75. The van der Waals surface area contributed by atoms with Gasteiger partial charge in [0.25, 0.3) is 0 Å². The topological polar surface area (TPSA) is 0 Å². The fourth-order valence-electron chi connectivity index (χ4n) is 2.12. The number of hydrogen-bond acceptors (Lipinski definition) is 2. The molecule has 1 saturated heterocycles. The van der Waals surface area contributed by atoms with Crippen LogP contribution in [0.5, 0.6) is 0 Å². The Kier molecular flexibility index (Phi) is 2.26. The first-order chi connectivity index (χ1) is 6.95. The van der Waals surface area contributed by atoms with Crippen LogP contribution in [0, 0.1) is 0 Å². The molecule has 1 aliphatic rings. The van der Waals surface area contributed by atoms with Crippen molar-refractivity contribution in [3.05, 3.63) is 35.2 Å². The molecule has 0 N–H and O–H groups in total. The van der Waals surface area contributed by atoms with Crippen LogP contribution in [0.3, 0.4) is 0 Å². The average Bonchev–Trinajstić information content (AvgIpc) is 2.88. The first-order valence-corrected chi connectivity index (χ1v) is 6.96. The first-order valence-electron chi connectivity index (χ1n) is 5.03. The first kappa shape index (κ1) is 8.81. The van der Waals surface area contributed by atoms with Crippen molar-refractivity contribution in [3.8, 4) is 0 Å². The summed E-state index contributed by atoms with van der Waals surface area (Å²) < 4.78 is 1.44. The summed E-state index contributed by atoms with van der Waals surface area (Å²) in [6.45, 7) is 0. The van der Waals surface area contributed by atoms with Crippen molar-refractivity contribution < 1.29 is 0 Å². The predicted molar refractivity (Wildman–Crippen MR) is 66.3 cm³/mol. The molecule has 0 aliphatic carbocycles. The summed E-state index contributed by atoms with van der Waals surface area (Å²) in [6, 6.07) is 9.00. The predicted octanol–water partition coefficient (Wildman–Crippen LogP) is 4.47. The number of thiophene rings is 1. The molecular weight excluding hydrogens is 208 g/mol. The number of benzene rings is 1. The Morgan fingerprint density at radius 3 is 3.07 bits per heavy atom. The molecule has 0 spiro atoms. The minimum atomic E-state index is 0.758. The molecule has 2 heterocycles. The van der Waals surface area contributed by atoms with E-state index in [1.54, 1.807) is 5.56 Å². The Morgan fingerprint density at radius 2 is 2.21 bits per heavy atom. The maximum absolute atomic E-state index is 2.30. The summed E-state index contributed by atoms with van der Waals surface area (Å²) in [4.78, 5) is 0. The van der Waals surface area contributed by atoms with Gasteiger partial charge in [-0.25, -0.2) is 0 Å². The van der Waals surface area contributed by atoms with Crippen LogP contribution in [-0.2, 0) is 0 Å². The van der Waals surface area contributed by atoms with Gasteiger partial charge in [0.15, 0.2) is 0 Å². The number of thioether (sulfide) groups is 1. The Bertz CT molecular complexity index is 438. The van der Waals surface area contributed by atoms with Gasteiger partial charge in [-0.05, 0) is 47.1 Å². The number of fused-ring (bicyclic) bond motifs is 1. The smallest absolute Gasteiger partial charge is 0.0345 e. The molecule has 1 atom stereocenters. The van der Waals surface area contributed by atoms with E-state index in [1.807, 2.05) is 11.3 Å². The minimum Gasteiger partial charge on any atom is -0.154 e. The van der Waals surface area contributed by atoms with Gasteiger partial charge in [-0.2, -0.15) is 11.8 Å². The summed E-state index contributed by atoms with van der Waals surface area (Å²) in [7, 11) is 0. The van der Waals surface area contributed by atoms with Crippen molar-refractivity contribution in [1.29, 1.82) is 0 Å². The van der Waals surface area contributed by atoms with Crippen molar-refractivity contribution in [1.82, 2.24) is 0 Å². The maximum atomic E-state index is 2.30. The van der Waals surface area contributed by atoms with E-state index in [0.717, 1.165) is 5.25 Å². The van der Waals surface area contributed by atoms with E-state index in [2.05, 4.69) is 41.4 Å². The molecule has 1 aliphatic heterocycles. The van der Waals surface area contributed by atoms with Crippen LogP contribution in [0.15, 0.2) is 29.6 Å². The lowest BCUT2D eigenvalue weighted by molar-refractivity contribution is 0.834. The third-order valence-corrected chi connectivity index (χ3v) is 5.10. The normalized spacial score (nSPS) is 21.9. The average molecular weight is 220 g/mol. The fourth-order valence-corrected chi connectivity index (χ4v) is 4.28. The van der Waals surface area contributed by atoms with E-state index in [4.69, 9.17) is 0 Å². The van der Waals surface area contributed by atoms with Gasteiger partial charge in [-0.1, -0.05) is 12.1 Å². The van der Waals surface area contributed by atoms with Gasteiger partial charge in [-0.3, -0.25) is 0 Å². The minimum absolute atomic E-state index is 0.758. The van der Waals surface area contributed by atoms with E-state index in [-0.39, 0.29) is 0 Å². The van der Waals surface area contributed by atoms with Crippen molar-refractivity contribution in [3.63, 3.8) is 0 Å². The van der Waals surface area contributed by atoms with Gasteiger partial charge in [0.05, 0.1) is 0 Å². The summed E-state index contributed by atoms with van der Waals surface area (Å²) in [5.41, 5.74) is 1.56. The van der Waals surface area contributed by atoms with Gasteiger partial charge < -0.3 is 0 Å². The van der Waals surface area contributed by atoms with E-state index in [1.165, 1.54) is 28.7 Å². The molecule has 14 heavy (non-hydrogen) atoms. The molecule has 0 radical (unpaired) electrons. The lowest BCUT2D eigenvalue weighted by Gasteiger charge is -2.09. The molecule has 0 nitrogen and oxygen atoms in total. The van der Waals surface area contributed by atoms with Crippen molar-refractivity contribution >= 4 is 33.2 Å². The van der Waals surface area contributed by atoms with Crippen LogP contribution < -0.4 is 0 Å². The molecule has 1 fully saturated rings. The van der Waals surface area contributed by atoms with E-state index >= 15 is 0 Å². The van der Waals surface area contributed by atoms with Crippen molar-refractivity contribution in [2.75, 3.05) is 5.75 Å². The van der Waals surface area contributed by atoms with Gasteiger partial charge >= 0.3 is 0 Å². The van der Waals surface area contributed by atoms with Crippen LogP contribution >= 0.6 is 23.1 Å². The SMILES string of the molecule is c1cc(C2CCCS2)c2ccsc2c1. The van der Waals surface area contributed by atoms with Gasteiger partial charge in [-0.15, -0.1) is 11.3 Å². The third-order valence-electron chi connectivity index (χ3n) is 2.81. The third kappa shape index (κ3) is 1.37. The molecule has 1 aromatic carbocycles. The molecule has 0 saturated carbocycles. The zero-order valence-electron chi connectivity index (χ0n) is 7.90.